The Kier molecular flexibility index (Phi) is 7.27. The molecule has 4 nitrogen and oxygen atoms in total. The van der Waals surface area contributed by atoms with Crippen molar-refractivity contribution in [2.75, 3.05) is 6.54 Å². The van der Waals surface area contributed by atoms with Gasteiger partial charge in [-0.25, -0.2) is 4.39 Å². The van der Waals surface area contributed by atoms with Crippen LogP contribution in [0.25, 0.3) is 0 Å². The first-order chi connectivity index (χ1) is 8.88. The van der Waals surface area contributed by atoms with Crippen LogP contribution >= 0.6 is 0 Å². The van der Waals surface area contributed by atoms with Gasteiger partial charge >= 0.3 is 0 Å². The molecule has 0 aliphatic heterocycles. The normalized spacial score (nSPS) is 13.4. The minimum atomic E-state index is -0.729. The minimum absolute atomic E-state index is 0. The van der Waals surface area contributed by atoms with Gasteiger partial charge in [-0.05, 0) is 47.6 Å². The van der Waals surface area contributed by atoms with E-state index in [0.717, 1.165) is 6.20 Å². The molecule has 0 aliphatic carbocycles. The Labute approximate surface area is 121 Å². The van der Waals surface area contributed by atoms with Crippen LogP contribution < -0.4 is 11.1 Å². The van der Waals surface area contributed by atoms with Crippen molar-refractivity contribution in [2.24, 2.45) is 5.73 Å². The van der Waals surface area contributed by atoms with Crippen LogP contribution in [0, 0.1) is 5.82 Å². The molecule has 4 N–H and O–H groups in total. The quantitative estimate of drug-likeness (QED) is 0.797. The van der Waals surface area contributed by atoms with Crippen molar-refractivity contribution in [2.45, 2.75) is 58.7 Å². The Balaban J connectivity index is 0.000000621. The number of nitrogens with two attached hydrogens (primary N) is 1. The highest BCUT2D eigenvalue weighted by Gasteiger charge is 2.14. The molecule has 0 saturated heterocycles. The number of pyridine rings is 1. The molecule has 0 spiro atoms. The standard InChI is InChI=1S/C11H17FN2O.C4H11N/c1-11(2,3)14-7-10(15)8-4-9(12)6-13-5-8;1-4(2,3)5/h4-6,10,14-15H,7H2,1-3H3;5H2,1-3H3. The number of hydrogen-bond acceptors (Lipinski definition) is 4. The summed E-state index contributed by atoms with van der Waals surface area (Å²) in [5.41, 5.74) is 5.78. The number of halogens is 1. The third kappa shape index (κ3) is 12.0. The maximum atomic E-state index is 12.8. The van der Waals surface area contributed by atoms with Crippen molar-refractivity contribution in [1.82, 2.24) is 10.3 Å². The van der Waals surface area contributed by atoms with Crippen molar-refractivity contribution in [3.63, 3.8) is 0 Å². The topological polar surface area (TPSA) is 71.2 Å². The fraction of sp³-hybridized carbons (Fsp3) is 0.667. The van der Waals surface area contributed by atoms with Crippen LogP contribution in [0.15, 0.2) is 18.5 Å². The Morgan fingerprint density at radius 1 is 1.25 bits per heavy atom. The molecule has 1 aromatic heterocycles. The van der Waals surface area contributed by atoms with Crippen LogP contribution in [0.2, 0.25) is 0 Å². The molecule has 116 valence electrons. The van der Waals surface area contributed by atoms with Gasteiger partial charge in [-0.3, -0.25) is 4.98 Å². The fourth-order valence-electron chi connectivity index (χ4n) is 1.13. The van der Waals surface area contributed by atoms with Crippen LogP contribution in [0.5, 0.6) is 0 Å². The zero-order valence-electron chi connectivity index (χ0n) is 13.4. The largest absolute Gasteiger partial charge is 0.387 e. The van der Waals surface area contributed by atoms with E-state index in [0.29, 0.717) is 12.1 Å². The monoisotopic (exact) mass is 285 g/mol. The molecule has 0 fully saturated rings. The molecule has 0 aliphatic rings. The number of hydrogen-bond donors (Lipinski definition) is 3. The van der Waals surface area contributed by atoms with Gasteiger partial charge in [0.05, 0.1) is 12.3 Å². The van der Waals surface area contributed by atoms with E-state index in [4.69, 9.17) is 5.73 Å². The van der Waals surface area contributed by atoms with Gasteiger partial charge in [-0.1, -0.05) is 0 Å². The van der Waals surface area contributed by atoms with Crippen LogP contribution in [0.4, 0.5) is 4.39 Å². The van der Waals surface area contributed by atoms with E-state index < -0.39 is 11.9 Å². The maximum absolute atomic E-state index is 12.8. The lowest BCUT2D eigenvalue weighted by atomic mass is 10.1. The summed E-state index contributed by atoms with van der Waals surface area (Å²) < 4.78 is 12.8. The number of β-amino-alcohol motifs (C(OH)–C–C–N with tert-alkyl or cyclic N) is 1. The zero-order chi connectivity index (χ0) is 16.0. The predicted octanol–water partition coefficient (Wildman–Crippen LogP) is 2.39. The summed E-state index contributed by atoms with van der Waals surface area (Å²) in [7, 11) is 0. The molecule has 1 aromatic rings. The number of aliphatic hydroxyl groups excluding tert-OH is 1. The van der Waals surface area contributed by atoms with Gasteiger partial charge in [0.15, 0.2) is 0 Å². The van der Waals surface area contributed by atoms with Crippen LogP contribution in [-0.4, -0.2) is 27.7 Å². The maximum Gasteiger partial charge on any atom is 0.141 e. The lowest BCUT2D eigenvalue weighted by molar-refractivity contribution is 0.162. The van der Waals surface area contributed by atoms with Crippen molar-refractivity contribution in [3.8, 4) is 0 Å². The third-order valence-electron chi connectivity index (χ3n) is 1.94. The Morgan fingerprint density at radius 2 is 1.75 bits per heavy atom. The van der Waals surface area contributed by atoms with Crippen LogP contribution in [0.3, 0.4) is 0 Å². The number of aliphatic hydroxyl groups is 1. The van der Waals surface area contributed by atoms with E-state index >= 15 is 0 Å². The molecule has 0 bridgehead atoms. The van der Waals surface area contributed by atoms with Gasteiger partial charge in [0.1, 0.15) is 5.82 Å². The second kappa shape index (κ2) is 7.67. The number of rotatable bonds is 3. The average Bonchev–Trinajstić information content (AvgIpc) is 2.22. The summed E-state index contributed by atoms with van der Waals surface area (Å²) in [4.78, 5) is 3.69. The molecule has 1 rings (SSSR count). The smallest absolute Gasteiger partial charge is 0.141 e. The molecule has 1 unspecified atom stereocenters. The first kappa shape index (κ1) is 19.0. The Bertz CT molecular complexity index is 391. The lowest BCUT2D eigenvalue weighted by Gasteiger charge is -2.22. The van der Waals surface area contributed by atoms with E-state index in [1.807, 2.05) is 41.5 Å². The summed E-state index contributed by atoms with van der Waals surface area (Å²) in [6.07, 6.45) is 1.86. The first-order valence-corrected chi connectivity index (χ1v) is 6.71. The van der Waals surface area contributed by atoms with Crippen molar-refractivity contribution in [3.05, 3.63) is 29.8 Å². The second-order valence-corrected chi connectivity index (χ2v) is 6.95. The van der Waals surface area contributed by atoms with Crippen LogP contribution in [0.1, 0.15) is 53.2 Å². The van der Waals surface area contributed by atoms with Crippen molar-refractivity contribution < 1.29 is 9.50 Å². The SMILES string of the molecule is CC(C)(C)N.CC(C)(C)NCC(O)c1cncc(F)c1. The van der Waals surface area contributed by atoms with Gasteiger partial charge in [-0.15, -0.1) is 0 Å². The molecule has 1 heterocycles. The predicted molar refractivity (Wildman–Crippen MR) is 80.9 cm³/mol. The summed E-state index contributed by atoms with van der Waals surface area (Å²) in [5, 5.41) is 12.9. The van der Waals surface area contributed by atoms with Crippen LogP contribution in [-0.2, 0) is 0 Å². The van der Waals surface area contributed by atoms with E-state index in [-0.39, 0.29) is 11.1 Å². The third-order valence-corrected chi connectivity index (χ3v) is 1.94. The van der Waals surface area contributed by atoms with Gasteiger partial charge in [0.2, 0.25) is 0 Å². The van der Waals surface area contributed by atoms with E-state index in [1.54, 1.807) is 0 Å². The zero-order valence-corrected chi connectivity index (χ0v) is 13.4. The molecule has 20 heavy (non-hydrogen) atoms. The second-order valence-electron chi connectivity index (χ2n) is 6.95. The molecule has 0 saturated carbocycles. The van der Waals surface area contributed by atoms with E-state index in [2.05, 4.69) is 10.3 Å². The lowest BCUT2D eigenvalue weighted by Crippen LogP contribution is -2.38. The molecule has 5 heteroatoms. The van der Waals surface area contributed by atoms with Crippen molar-refractivity contribution >= 4 is 0 Å². The highest BCUT2D eigenvalue weighted by atomic mass is 19.1. The highest BCUT2D eigenvalue weighted by Crippen LogP contribution is 2.12. The summed E-state index contributed by atoms with van der Waals surface area (Å²) in [6.45, 7) is 12.3. The molecular weight excluding hydrogens is 257 g/mol. The summed E-state index contributed by atoms with van der Waals surface area (Å²) in [6, 6.07) is 1.29. The average molecular weight is 285 g/mol. The number of aromatic nitrogens is 1. The van der Waals surface area contributed by atoms with Gasteiger partial charge in [0.25, 0.3) is 0 Å². The first-order valence-electron chi connectivity index (χ1n) is 6.71. The molecular formula is C15H28FN3O. The Hall–Kier alpha value is -1.04. The molecule has 0 aromatic carbocycles. The van der Waals surface area contributed by atoms with Gasteiger partial charge in [-0.2, -0.15) is 0 Å². The molecule has 0 amide bonds. The summed E-state index contributed by atoms with van der Waals surface area (Å²) in [5.74, 6) is -0.428. The van der Waals surface area contributed by atoms with Gasteiger partial charge < -0.3 is 16.2 Å². The minimum Gasteiger partial charge on any atom is -0.387 e. The molecule has 0 radical (unpaired) electrons. The van der Waals surface area contributed by atoms with Gasteiger partial charge in [0, 0.05) is 29.4 Å². The van der Waals surface area contributed by atoms with E-state index in [9.17, 15) is 9.50 Å². The number of nitrogens with zero attached hydrogens (tertiary/aromatic N) is 1. The Morgan fingerprint density at radius 3 is 2.15 bits per heavy atom. The van der Waals surface area contributed by atoms with E-state index in [1.165, 1.54) is 12.3 Å². The number of nitrogens with one attached hydrogen (secondary N) is 1. The summed E-state index contributed by atoms with van der Waals surface area (Å²) >= 11 is 0. The fourth-order valence-corrected chi connectivity index (χ4v) is 1.13. The molecule has 1 atom stereocenters. The highest BCUT2D eigenvalue weighted by molar-refractivity contribution is 5.13. The van der Waals surface area contributed by atoms with Crippen molar-refractivity contribution in [1.29, 1.82) is 0 Å².